The second kappa shape index (κ2) is 4.97. The molecule has 1 aliphatic carbocycles. The molecule has 2 rings (SSSR count). The van der Waals surface area contributed by atoms with Crippen LogP contribution >= 0.6 is 11.6 Å². The first-order valence-corrected chi connectivity index (χ1v) is 5.75. The molecule has 1 aliphatic rings. The Bertz CT molecular complexity index is 312. The lowest BCUT2D eigenvalue weighted by Gasteiger charge is -2.16. The minimum Gasteiger partial charge on any atom is -0.372 e. The van der Waals surface area contributed by atoms with Gasteiger partial charge >= 0.3 is 0 Å². The first kappa shape index (κ1) is 10.9. The van der Waals surface area contributed by atoms with E-state index < -0.39 is 0 Å². The van der Waals surface area contributed by atoms with Crippen LogP contribution in [0.3, 0.4) is 0 Å². The number of rotatable bonds is 3. The number of nitrogens with two attached hydrogens (primary N) is 1. The molecule has 2 N–H and O–H groups in total. The lowest BCUT2D eigenvalue weighted by atomic mass is 10.2. The van der Waals surface area contributed by atoms with Crippen LogP contribution in [0.25, 0.3) is 0 Å². The molecule has 0 amide bonds. The smallest absolute Gasteiger partial charge is 0.0730 e. The molecule has 1 fully saturated rings. The molecule has 1 aromatic rings. The molecule has 0 bridgehead atoms. The molecular weight excluding hydrogens is 210 g/mol. The number of ether oxygens (including phenoxy) is 1. The van der Waals surface area contributed by atoms with E-state index in [0.29, 0.717) is 6.61 Å². The largest absolute Gasteiger partial charge is 0.372 e. The molecule has 0 saturated heterocycles. The van der Waals surface area contributed by atoms with E-state index in [2.05, 4.69) is 0 Å². The van der Waals surface area contributed by atoms with Gasteiger partial charge in [-0.25, -0.2) is 0 Å². The van der Waals surface area contributed by atoms with Crippen molar-refractivity contribution in [3.05, 3.63) is 34.9 Å². The maximum absolute atomic E-state index is 5.92. The van der Waals surface area contributed by atoms with E-state index in [1.807, 2.05) is 24.3 Å². The van der Waals surface area contributed by atoms with Gasteiger partial charge in [-0.1, -0.05) is 23.7 Å². The third-order valence-electron chi connectivity index (χ3n) is 2.88. The fourth-order valence-electron chi connectivity index (χ4n) is 1.95. The Morgan fingerprint density at radius 2 is 2.00 bits per heavy atom. The zero-order chi connectivity index (χ0) is 10.7. The molecule has 15 heavy (non-hydrogen) atoms. The highest BCUT2D eigenvalue weighted by atomic mass is 35.5. The predicted molar refractivity (Wildman–Crippen MR) is 61.9 cm³/mol. The molecule has 3 heteroatoms. The summed E-state index contributed by atoms with van der Waals surface area (Å²) in [6.45, 7) is 0.634. The van der Waals surface area contributed by atoms with E-state index in [4.69, 9.17) is 22.1 Å². The Kier molecular flexibility index (Phi) is 3.62. The van der Waals surface area contributed by atoms with Gasteiger partial charge in [0.05, 0.1) is 12.7 Å². The van der Waals surface area contributed by atoms with Crippen LogP contribution in [0.4, 0.5) is 0 Å². The van der Waals surface area contributed by atoms with E-state index in [1.165, 1.54) is 6.42 Å². The van der Waals surface area contributed by atoms with Gasteiger partial charge in [0.15, 0.2) is 0 Å². The third-order valence-corrected chi connectivity index (χ3v) is 3.13. The van der Waals surface area contributed by atoms with Gasteiger partial charge in [-0.15, -0.1) is 0 Å². The second-order valence-electron chi connectivity index (χ2n) is 4.07. The third kappa shape index (κ3) is 2.94. The maximum atomic E-state index is 5.92. The quantitative estimate of drug-likeness (QED) is 0.859. The summed E-state index contributed by atoms with van der Waals surface area (Å²) < 4.78 is 5.77. The van der Waals surface area contributed by atoms with Gasteiger partial charge in [-0.3, -0.25) is 0 Å². The topological polar surface area (TPSA) is 35.2 Å². The van der Waals surface area contributed by atoms with Crippen LogP contribution in [0.15, 0.2) is 24.3 Å². The van der Waals surface area contributed by atoms with Gasteiger partial charge in [0, 0.05) is 11.1 Å². The Morgan fingerprint density at radius 1 is 1.27 bits per heavy atom. The number of hydrogen-bond acceptors (Lipinski definition) is 2. The van der Waals surface area contributed by atoms with Crippen LogP contribution in [-0.4, -0.2) is 12.1 Å². The zero-order valence-electron chi connectivity index (χ0n) is 8.66. The number of benzene rings is 1. The van der Waals surface area contributed by atoms with Crippen molar-refractivity contribution in [2.24, 2.45) is 5.73 Å². The lowest BCUT2D eigenvalue weighted by Crippen LogP contribution is -2.31. The second-order valence-corrected chi connectivity index (χ2v) is 4.51. The Morgan fingerprint density at radius 3 is 2.60 bits per heavy atom. The van der Waals surface area contributed by atoms with Crippen molar-refractivity contribution < 1.29 is 4.74 Å². The van der Waals surface area contributed by atoms with Crippen LogP contribution in [0, 0.1) is 0 Å². The summed E-state index contributed by atoms with van der Waals surface area (Å²) in [4.78, 5) is 0. The van der Waals surface area contributed by atoms with E-state index in [0.717, 1.165) is 23.4 Å². The summed E-state index contributed by atoms with van der Waals surface area (Å²) in [6.07, 6.45) is 3.60. The molecule has 0 aromatic heterocycles. The summed E-state index contributed by atoms with van der Waals surface area (Å²) in [5.41, 5.74) is 7.07. The van der Waals surface area contributed by atoms with Crippen LogP contribution in [0.5, 0.6) is 0 Å². The van der Waals surface area contributed by atoms with Gasteiger partial charge in [0.1, 0.15) is 0 Å². The molecule has 0 unspecified atom stereocenters. The van der Waals surface area contributed by atoms with Gasteiger partial charge in [0.2, 0.25) is 0 Å². The number of halogens is 1. The molecule has 0 spiro atoms. The van der Waals surface area contributed by atoms with Crippen LogP contribution in [0.2, 0.25) is 5.02 Å². The summed E-state index contributed by atoms with van der Waals surface area (Å²) in [5.74, 6) is 0. The van der Waals surface area contributed by atoms with Crippen LogP contribution < -0.4 is 5.73 Å². The standard InChI is InChI=1S/C12H16ClNO/c13-10-6-4-9(5-7-10)8-15-12-3-1-2-11(12)14/h4-7,11-12H,1-3,8,14H2/t11-,12-/m1/s1. The molecule has 0 heterocycles. The van der Waals surface area contributed by atoms with E-state index in [-0.39, 0.29) is 12.1 Å². The summed E-state index contributed by atoms with van der Waals surface area (Å²) >= 11 is 5.80. The first-order chi connectivity index (χ1) is 7.25. The van der Waals surface area contributed by atoms with E-state index in [9.17, 15) is 0 Å². The van der Waals surface area contributed by atoms with Crippen molar-refractivity contribution in [2.45, 2.75) is 38.0 Å². The lowest BCUT2D eigenvalue weighted by molar-refractivity contribution is 0.0357. The molecule has 1 aromatic carbocycles. The fourth-order valence-corrected chi connectivity index (χ4v) is 2.07. The normalized spacial score (nSPS) is 25.7. The molecule has 1 saturated carbocycles. The van der Waals surface area contributed by atoms with Crippen molar-refractivity contribution in [1.82, 2.24) is 0 Å². The molecular formula is C12H16ClNO. The summed E-state index contributed by atoms with van der Waals surface area (Å²) in [6, 6.07) is 7.97. The van der Waals surface area contributed by atoms with Gasteiger partial charge < -0.3 is 10.5 Å². The Balaban J connectivity index is 1.85. The molecule has 82 valence electrons. The van der Waals surface area contributed by atoms with Crippen molar-refractivity contribution >= 4 is 11.6 Å². The maximum Gasteiger partial charge on any atom is 0.0730 e. The van der Waals surface area contributed by atoms with Crippen molar-refractivity contribution in [3.8, 4) is 0 Å². The molecule has 0 radical (unpaired) electrons. The Labute approximate surface area is 95.4 Å². The first-order valence-electron chi connectivity index (χ1n) is 5.37. The highest BCUT2D eigenvalue weighted by molar-refractivity contribution is 6.30. The molecule has 2 nitrogen and oxygen atoms in total. The van der Waals surface area contributed by atoms with Crippen LogP contribution in [0.1, 0.15) is 24.8 Å². The predicted octanol–water partition coefficient (Wildman–Crippen LogP) is 2.74. The Hall–Kier alpha value is -0.570. The number of hydrogen-bond donors (Lipinski definition) is 1. The fraction of sp³-hybridized carbons (Fsp3) is 0.500. The van der Waals surface area contributed by atoms with Crippen molar-refractivity contribution in [1.29, 1.82) is 0 Å². The summed E-state index contributed by atoms with van der Waals surface area (Å²) in [7, 11) is 0. The highest BCUT2D eigenvalue weighted by Crippen LogP contribution is 2.21. The van der Waals surface area contributed by atoms with Crippen molar-refractivity contribution in [3.63, 3.8) is 0 Å². The minimum atomic E-state index is 0.220. The molecule has 0 aliphatic heterocycles. The van der Waals surface area contributed by atoms with Gasteiger partial charge in [-0.05, 0) is 37.0 Å². The molecule has 2 atom stereocenters. The van der Waals surface area contributed by atoms with Crippen molar-refractivity contribution in [2.75, 3.05) is 0 Å². The van der Waals surface area contributed by atoms with E-state index >= 15 is 0 Å². The zero-order valence-corrected chi connectivity index (χ0v) is 9.41. The van der Waals surface area contributed by atoms with E-state index in [1.54, 1.807) is 0 Å². The average Bonchev–Trinajstić information content (AvgIpc) is 2.63. The SMILES string of the molecule is N[C@@H]1CCC[C@H]1OCc1ccc(Cl)cc1. The minimum absolute atomic E-state index is 0.220. The average molecular weight is 226 g/mol. The monoisotopic (exact) mass is 225 g/mol. The van der Waals surface area contributed by atoms with Gasteiger partial charge in [0.25, 0.3) is 0 Å². The van der Waals surface area contributed by atoms with Gasteiger partial charge in [-0.2, -0.15) is 0 Å². The highest BCUT2D eigenvalue weighted by Gasteiger charge is 2.24. The summed E-state index contributed by atoms with van der Waals surface area (Å²) in [5, 5.41) is 0.760. The van der Waals surface area contributed by atoms with Crippen LogP contribution in [-0.2, 0) is 11.3 Å².